The SMILES string of the molecule is CO[C@H]1O[C@@H](CO)[C@@H](O)[C@@H](O)[C@H]1O. The Labute approximate surface area is 75.3 Å². The lowest BCUT2D eigenvalue weighted by atomic mass is 9.99. The van der Waals surface area contributed by atoms with Gasteiger partial charge in [0.1, 0.15) is 24.4 Å². The Morgan fingerprint density at radius 2 is 1.77 bits per heavy atom. The maximum absolute atomic E-state index is 9.28. The molecule has 0 unspecified atom stereocenters. The minimum Gasteiger partial charge on any atom is -0.394 e. The standard InChI is InChI=1S/C7H14O6/c1-12-7-6(11)5(10)4(9)3(2-8)13-7/h3-11H,2H2,1H3/t3-,4+,5+,6+,7-/m0/s1. The van der Waals surface area contributed by atoms with Crippen molar-refractivity contribution in [2.24, 2.45) is 0 Å². The number of aliphatic hydroxyl groups is 4. The van der Waals surface area contributed by atoms with Crippen molar-refractivity contribution in [3.8, 4) is 0 Å². The molecule has 1 aliphatic rings. The molecule has 0 aromatic rings. The maximum atomic E-state index is 9.28. The summed E-state index contributed by atoms with van der Waals surface area (Å²) in [5.41, 5.74) is 0. The highest BCUT2D eigenvalue weighted by Crippen LogP contribution is 2.20. The van der Waals surface area contributed by atoms with Crippen LogP contribution in [0.25, 0.3) is 0 Å². The van der Waals surface area contributed by atoms with E-state index < -0.39 is 37.3 Å². The monoisotopic (exact) mass is 194 g/mol. The molecule has 13 heavy (non-hydrogen) atoms. The van der Waals surface area contributed by atoms with E-state index in [1.54, 1.807) is 0 Å². The molecule has 4 N–H and O–H groups in total. The molecule has 0 aromatic heterocycles. The second-order valence-electron chi connectivity index (χ2n) is 2.93. The molecule has 0 spiro atoms. The third-order valence-corrected chi connectivity index (χ3v) is 2.08. The average Bonchev–Trinajstić information content (AvgIpc) is 2.15. The highest BCUT2D eigenvalue weighted by molar-refractivity contribution is 4.88. The fraction of sp³-hybridized carbons (Fsp3) is 1.00. The minimum absolute atomic E-state index is 0.440. The fourth-order valence-electron chi connectivity index (χ4n) is 1.26. The first kappa shape index (κ1) is 10.8. The molecular formula is C7H14O6. The number of methoxy groups -OCH3 is 1. The first-order valence-electron chi connectivity index (χ1n) is 3.95. The van der Waals surface area contributed by atoms with Crippen molar-refractivity contribution < 1.29 is 29.9 Å². The van der Waals surface area contributed by atoms with Crippen LogP contribution in [-0.2, 0) is 9.47 Å². The predicted molar refractivity (Wildman–Crippen MR) is 40.8 cm³/mol. The Morgan fingerprint density at radius 3 is 2.23 bits per heavy atom. The molecule has 1 aliphatic heterocycles. The van der Waals surface area contributed by atoms with Gasteiger partial charge < -0.3 is 29.9 Å². The third kappa shape index (κ3) is 1.98. The number of hydrogen-bond donors (Lipinski definition) is 4. The van der Waals surface area contributed by atoms with Gasteiger partial charge in [-0.2, -0.15) is 0 Å². The smallest absolute Gasteiger partial charge is 0.186 e. The van der Waals surface area contributed by atoms with Crippen molar-refractivity contribution in [2.45, 2.75) is 30.7 Å². The van der Waals surface area contributed by atoms with Gasteiger partial charge in [-0.05, 0) is 0 Å². The van der Waals surface area contributed by atoms with E-state index in [4.69, 9.17) is 14.6 Å². The maximum Gasteiger partial charge on any atom is 0.186 e. The lowest BCUT2D eigenvalue weighted by Gasteiger charge is -2.38. The molecule has 0 radical (unpaired) electrons. The van der Waals surface area contributed by atoms with Crippen molar-refractivity contribution in [1.29, 1.82) is 0 Å². The van der Waals surface area contributed by atoms with Crippen LogP contribution in [0.3, 0.4) is 0 Å². The summed E-state index contributed by atoms with van der Waals surface area (Å²) in [5.74, 6) is 0. The lowest BCUT2D eigenvalue weighted by Crippen LogP contribution is -2.58. The third-order valence-electron chi connectivity index (χ3n) is 2.08. The van der Waals surface area contributed by atoms with E-state index in [-0.39, 0.29) is 0 Å². The molecule has 0 amide bonds. The van der Waals surface area contributed by atoms with Gasteiger partial charge in [-0.15, -0.1) is 0 Å². The number of ether oxygens (including phenoxy) is 2. The quantitative estimate of drug-likeness (QED) is 0.386. The van der Waals surface area contributed by atoms with Gasteiger partial charge in [0.05, 0.1) is 6.61 Å². The molecule has 0 aliphatic carbocycles. The molecule has 1 fully saturated rings. The summed E-state index contributed by atoms with van der Waals surface area (Å²) in [6.45, 7) is -0.440. The summed E-state index contributed by atoms with van der Waals surface area (Å²) in [4.78, 5) is 0. The summed E-state index contributed by atoms with van der Waals surface area (Å²) in [5, 5.41) is 36.6. The van der Waals surface area contributed by atoms with Crippen LogP contribution in [0.2, 0.25) is 0 Å². The number of rotatable bonds is 2. The molecule has 1 heterocycles. The van der Waals surface area contributed by atoms with Crippen LogP contribution in [0.1, 0.15) is 0 Å². The van der Waals surface area contributed by atoms with E-state index in [9.17, 15) is 15.3 Å². The van der Waals surface area contributed by atoms with Gasteiger partial charge in [-0.25, -0.2) is 0 Å². The van der Waals surface area contributed by atoms with E-state index in [2.05, 4.69) is 0 Å². The van der Waals surface area contributed by atoms with Gasteiger partial charge in [-0.3, -0.25) is 0 Å². The summed E-state index contributed by atoms with van der Waals surface area (Å²) in [6, 6.07) is 0. The van der Waals surface area contributed by atoms with Crippen LogP contribution in [0.5, 0.6) is 0 Å². The molecule has 1 saturated heterocycles. The molecule has 0 saturated carbocycles. The molecule has 0 aromatic carbocycles. The first-order chi connectivity index (χ1) is 6.11. The summed E-state index contributed by atoms with van der Waals surface area (Å²) >= 11 is 0. The highest BCUT2D eigenvalue weighted by atomic mass is 16.7. The topological polar surface area (TPSA) is 99.4 Å². The lowest BCUT2D eigenvalue weighted by molar-refractivity contribution is -0.294. The average molecular weight is 194 g/mol. The Balaban J connectivity index is 2.66. The van der Waals surface area contributed by atoms with Gasteiger partial charge in [-0.1, -0.05) is 0 Å². The zero-order chi connectivity index (χ0) is 10.0. The molecule has 0 bridgehead atoms. The van der Waals surface area contributed by atoms with Crippen LogP contribution in [-0.4, -0.2) is 64.8 Å². The second kappa shape index (κ2) is 4.32. The van der Waals surface area contributed by atoms with Crippen LogP contribution < -0.4 is 0 Å². The highest BCUT2D eigenvalue weighted by Gasteiger charge is 2.43. The fourth-order valence-corrected chi connectivity index (χ4v) is 1.26. The van der Waals surface area contributed by atoms with Crippen LogP contribution >= 0.6 is 0 Å². The summed E-state index contributed by atoms with van der Waals surface area (Å²) < 4.78 is 9.65. The Hall–Kier alpha value is -0.240. The molecule has 5 atom stereocenters. The zero-order valence-corrected chi connectivity index (χ0v) is 7.20. The largest absolute Gasteiger partial charge is 0.394 e. The van der Waals surface area contributed by atoms with Crippen molar-refractivity contribution >= 4 is 0 Å². The zero-order valence-electron chi connectivity index (χ0n) is 7.20. The predicted octanol–water partition coefficient (Wildman–Crippen LogP) is -2.57. The van der Waals surface area contributed by atoms with Crippen LogP contribution in [0, 0.1) is 0 Å². The van der Waals surface area contributed by atoms with E-state index in [0.29, 0.717) is 0 Å². The van der Waals surface area contributed by atoms with Crippen molar-refractivity contribution in [3.63, 3.8) is 0 Å². The Morgan fingerprint density at radius 1 is 1.15 bits per heavy atom. The van der Waals surface area contributed by atoms with E-state index in [0.717, 1.165) is 0 Å². The summed E-state index contributed by atoms with van der Waals surface area (Å²) in [6.07, 6.45) is -5.91. The van der Waals surface area contributed by atoms with Gasteiger partial charge in [0, 0.05) is 7.11 Å². The normalized spacial score (nSPS) is 46.4. The molecule has 78 valence electrons. The van der Waals surface area contributed by atoms with Crippen molar-refractivity contribution in [1.82, 2.24) is 0 Å². The number of aliphatic hydroxyl groups excluding tert-OH is 4. The van der Waals surface area contributed by atoms with Crippen LogP contribution in [0.15, 0.2) is 0 Å². The van der Waals surface area contributed by atoms with Gasteiger partial charge in [0.15, 0.2) is 6.29 Å². The van der Waals surface area contributed by atoms with E-state index >= 15 is 0 Å². The number of hydrogen-bond acceptors (Lipinski definition) is 6. The Bertz CT molecular complexity index is 143. The van der Waals surface area contributed by atoms with Gasteiger partial charge in [0.25, 0.3) is 0 Å². The second-order valence-corrected chi connectivity index (χ2v) is 2.93. The van der Waals surface area contributed by atoms with Crippen molar-refractivity contribution in [3.05, 3.63) is 0 Å². The van der Waals surface area contributed by atoms with Gasteiger partial charge in [0.2, 0.25) is 0 Å². The van der Waals surface area contributed by atoms with E-state index in [1.807, 2.05) is 0 Å². The Kier molecular flexibility index (Phi) is 3.60. The first-order valence-corrected chi connectivity index (χ1v) is 3.95. The molecule has 6 heteroatoms. The van der Waals surface area contributed by atoms with Crippen LogP contribution in [0.4, 0.5) is 0 Å². The molecule has 1 rings (SSSR count). The van der Waals surface area contributed by atoms with E-state index in [1.165, 1.54) is 7.11 Å². The minimum atomic E-state index is -1.36. The van der Waals surface area contributed by atoms with Gasteiger partial charge >= 0.3 is 0 Å². The molecule has 6 nitrogen and oxygen atoms in total. The summed E-state index contributed by atoms with van der Waals surface area (Å²) in [7, 11) is 1.30. The molecular weight excluding hydrogens is 180 g/mol. The van der Waals surface area contributed by atoms with Crippen molar-refractivity contribution in [2.75, 3.05) is 13.7 Å².